The van der Waals surface area contributed by atoms with Crippen molar-refractivity contribution >= 4 is 18.1 Å². The first-order chi connectivity index (χ1) is 15.1. The third-order valence-electron chi connectivity index (χ3n) is 4.25. The largest absolute Gasteiger partial charge is 0.352 e. The van der Waals surface area contributed by atoms with E-state index in [9.17, 15) is 14.0 Å². The number of halogens is 1. The van der Waals surface area contributed by atoms with Gasteiger partial charge in [0, 0.05) is 37.8 Å². The lowest BCUT2D eigenvalue weighted by atomic mass is 10.0. The zero-order valence-electron chi connectivity index (χ0n) is 19.5. The lowest BCUT2D eigenvalue weighted by Crippen LogP contribution is -2.30. The SMILES string of the molecule is CC.CC.CN.Cc1nc(NCCN2CCCC2=O)ncc1-c1ccc(F)c(C=O)c1. The van der Waals surface area contributed by atoms with Gasteiger partial charge in [0.05, 0.1) is 11.3 Å². The number of rotatable bonds is 6. The molecule has 31 heavy (non-hydrogen) atoms. The Morgan fingerprint density at radius 2 is 1.90 bits per heavy atom. The van der Waals surface area contributed by atoms with Gasteiger partial charge in [-0.05, 0) is 38.1 Å². The highest BCUT2D eigenvalue weighted by Crippen LogP contribution is 2.24. The molecule has 7 nitrogen and oxygen atoms in total. The minimum absolute atomic E-state index is 0.00869. The predicted molar refractivity (Wildman–Crippen MR) is 125 cm³/mol. The molecular formula is C23H36FN5O2. The lowest BCUT2D eigenvalue weighted by Gasteiger charge is -2.16. The number of hydrogen-bond acceptors (Lipinski definition) is 6. The third kappa shape index (κ3) is 8.41. The molecule has 3 N–H and O–H groups in total. The van der Waals surface area contributed by atoms with Crippen LogP contribution in [0.5, 0.6) is 0 Å². The van der Waals surface area contributed by atoms with Gasteiger partial charge in [-0.1, -0.05) is 33.8 Å². The molecule has 2 aromatic rings. The summed E-state index contributed by atoms with van der Waals surface area (Å²) in [7, 11) is 1.50. The number of benzene rings is 1. The second-order valence-electron chi connectivity index (χ2n) is 5.96. The molecule has 0 aliphatic carbocycles. The maximum atomic E-state index is 13.4. The van der Waals surface area contributed by atoms with Crippen LogP contribution >= 0.6 is 0 Å². The number of aryl methyl sites for hydroxylation is 1. The standard InChI is InChI=1S/C18H19FN4O2.2C2H6.CH5N/c1-12-15(13-4-5-16(19)14(9-13)11-24)10-21-18(22-12)20-6-8-23-7-2-3-17(23)25;3*1-2/h4-5,9-11H,2-3,6-8H2,1H3,(H,20,21,22);2*1-2H3;2H2,1H3. The Morgan fingerprint density at radius 1 is 1.23 bits per heavy atom. The van der Waals surface area contributed by atoms with Gasteiger partial charge in [0.2, 0.25) is 11.9 Å². The van der Waals surface area contributed by atoms with Crippen LogP contribution in [0.15, 0.2) is 24.4 Å². The summed E-state index contributed by atoms with van der Waals surface area (Å²) < 4.78 is 13.4. The number of amides is 1. The molecular weight excluding hydrogens is 397 g/mol. The Hall–Kier alpha value is -2.87. The van der Waals surface area contributed by atoms with Crippen molar-refractivity contribution in [3.63, 3.8) is 0 Å². The van der Waals surface area contributed by atoms with Gasteiger partial charge in [-0.3, -0.25) is 9.59 Å². The van der Waals surface area contributed by atoms with Crippen LogP contribution in [0.4, 0.5) is 10.3 Å². The van der Waals surface area contributed by atoms with Crippen molar-refractivity contribution in [1.82, 2.24) is 14.9 Å². The molecule has 0 radical (unpaired) electrons. The Kier molecular flexibility index (Phi) is 14.4. The highest BCUT2D eigenvalue weighted by atomic mass is 19.1. The molecule has 0 atom stereocenters. The first-order valence-corrected chi connectivity index (χ1v) is 10.8. The number of aromatic nitrogens is 2. The zero-order valence-corrected chi connectivity index (χ0v) is 19.5. The summed E-state index contributed by atoms with van der Waals surface area (Å²) in [6.45, 7) is 11.8. The number of aldehydes is 1. The molecule has 1 aliphatic heterocycles. The number of anilines is 1. The zero-order chi connectivity index (χ0) is 23.8. The van der Waals surface area contributed by atoms with Gasteiger partial charge in [0.15, 0.2) is 6.29 Å². The molecule has 2 heterocycles. The van der Waals surface area contributed by atoms with E-state index in [0.29, 0.717) is 37.3 Å². The number of likely N-dealkylation sites (tertiary alicyclic amines) is 1. The van der Waals surface area contributed by atoms with Gasteiger partial charge in [-0.15, -0.1) is 0 Å². The summed E-state index contributed by atoms with van der Waals surface area (Å²) in [6, 6.07) is 4.35. The molecule has 172 valence electrons. The van der Waals surface area contributed by atoms with E-state index in [1.165, 1.54) is 19.2 Å². The van der Waals surface area contributed by atoms with E-state index in [-0.39, 0.29) is 11.5 Å². The van der Waals surface area contributed by atoms with Crippen LogP contribution in [-0.4, -0.2) is 53.7 Å². The van der Waals surface area contributed by atoms with Gasteiger partial charge < -0.3 is 16.0 Å². The van der Waals surface area contributed by atoms with E-state index in [1.807, 2.05) is 39.5 Å². The summed E-state index contributed by atoms with van der Waals surface area (Å²) in [5, 5.41) is 3.11. The van der Waals surface area contributed by atoms with Gasteiger partial charge in [0.1, 0.15) is 5.82 Å². The number of carbonyl (C=O) groups excluding carboxylic acids is 2. The topological polar surface area (TPSA) is 101 Å². The third-order valence-corrected chi connectivity index (χ3v) is 4.25. The maximum Gasteiger partial charge on any atom is 0.222 e. The van der Waals surface area contributed by atoms with Crippen LogP contribution in [0.25, 0.3) is 11.1 Å². The summed E-state index contributed by atoms with van der Waals surface area (Å²) in [5.74, 6) is 0.120. The first-order valence-electron chi connectivity index (χ1n) is 10.8. The van der Waals surface area contributed by atoms with E-state index >= 15 is 0 Å². The fourth-order valence-corrected chi connectivity index (χ4v) is 2.88. The van der Waals surface area contributed by atoms with Crippen LogP contribution < -0.4 is 11.1 Å². The molecule has 1 amide bonds. The minimum atomic E-state index is -0.549. The van der Waals surface area contributed by atoms with Crippen molar-refractivity contribution in [2.45, 2.75) is 47.5 Å². The van der Waals surface area contributed by atoms with E-state index in [4.69, 9.17) is 0 Å². The van der Waals surface area contributed by atoms with Gasteiger partial charge in [-0.25, -0.2) is 14.4 Å². The fourth-order valence-electron chi connectivity index (χ4n) is 2.88. The molecule has 1 aliphatic rings. The van der Waals surface area contributed by atoms with Crippen LogP contribution in [0.1, 0.15) is 56.6 Å². The second kappa shape index (κ2) is 15.9. The normalized spacial score (nSPS) is 11.9. The molecule has 8 heteroatoms. The smallest absolute Gasteiger partial charge is 0.222 e. The van der Waals surface area contributed by atoms with Crippen LogP contribution in [0.2, 0.25) is 0 Å². The minimum Gasteiger partial charge on any atom is -0.352 e. The summed E-state index contributed by atoms with van der Waals surface area (Å²) >= 11 is 0. The predicted octanol–water partition coefficient (Wildman–Crippen LogP) is 4.07. The quantitative estimate of drug-likeness (QED) is 0.666. The number of nitrogens with one attached hydrogen (secondary N) is 1. The Labute approximate surface area is 185 Å². The lowest BCUT2D eigenvalue weighted by molar-refractivity contribution is -0.127. The highest BCUT2D eigenvalue weighted by molar-refractivity contribution is 5.79. The van der Waals surface area contributed by atoms with Crippen LogP contribution in [0, 0.1) is 12.7 Å². The van der Waals surface area contributed by atoms with Gasteiger partial charge >= 0.3 is 0 Å². The number of carbonyl (C=O) groups is 2. The van der Waals surface area contributed by atoms with E-state index in [1.54, 1.807) is 12.3 Å². The van der Waals surface area contributed by atoms with E-state index in [0.717, 1.165) is 24.2 Å². The fraction of sp³-hybridized carbons (Fsp3) is 0.478. The van der Waals surface area contributed by atoms with Crippen molar-refractivity contribution in [3.8, 4) is 11.1 Å². The summed E-state index contributed by atoms with van der Waals surface area (Å²) in [5.41, 5.74) is 6.66. The Bertz CT molecular complexity index is 815. The monoisotopic (exact) mass is 433 g/mol. The average molecular weight is 434 g/mol. The molecule has 1 aromatic carbocycles. The summed E-state index contributed by atoms with van der Waals surface area (Å²) in [4.78, 5) is 33.0. The molecule has 3 rings (SSSR count). The Balaban J connectivity index is 0.00000138. The average Bonchev–Trinajstić information content (AvgIpc) is 3.23. The van der Waals surface area contributed by atoms with Crippen LogP contribution in [0.3, 0.4) is 0 Å². The van der Waals surface area contributed by atoms with Crippen molar-refractivity contribution in [2.24, 2.45) is 5.73 Å². The highest BCUT2D eigenvalue weighted by Gasteiger charge is 2.19. The van der Waals surface area contributed by atoms with Crippen molar-refractivity contribution < 1.29 is 14.0 Å². The van der Waals surface area contributed by atoms with Gasteiger partial charge in [-0.2, -0.15) is 0 Å². The van der Waals surface area contributed by atoms with Crippen molar-refractivity contribution in [3.05, 3.63) is 41.5 Å². The first kappa shape index (κ1) is 28.1. The molecule has 0 bridgehead atoms. The van der Waals surface area contributed by atoms with E-state index < -0.39 is 5.82 Å². The number of hydrogen-bond donors (Lipinski definition) is 2. The molecule has 0 unspecified atom stereocenters. The second-order valence-corrected chi connectivity index (χ2v) is 5.96. The van der Waals surface area contributed by atoms with Crippen molar-refractivity contribution in [1.29, 1.82) is 0 Å². The van der Waals surface area contributed by atoms with Crippen LogP contribution in [-0.2, 0) is 4.79 Å². The molecule has 1 saturated heterocycles. The number of nitrogens with zero attached hydrogens (tertiary/aromatic N) is 3. The van der Waals surface area contributed by atoms with E-state index in [2.05, 4.69) is 21.0 Å². The molecule has 0 saturated carbocycles. The maximum absolute atomic E-state index is 13.4. The molecule has 0 spiro atoms. The molecule has 1 aromatic heterocycles. The Morgan fingerprint density at radius 3 is 2.45 bits per heavy atom. The summed E-state index contributed by atoms with van der Waals surface area (Å²) in [6.07, 6.45) is 3.69. The molecule has 1 fully saturated rings. The van der Waals surface area contributed by atoms with Crippen molar-refractivity contribution in [2.75, 3.05) is 32.0 Å². The van der Waals surface area contributed by atoms with Gasteiger partial charge in [0.25, 0.3) is 0 Å². The number of nitrogens with two attached hydrogens (primary N) is 1.